The second kappa shape index (κ2) is 5.50. The third kappa shape index (κ3) is 2.82. The lowest BCUT2D eigenvalue weighted by Crippen LogP contribution is -1.99. The molecule has 0 aromatic carbocycles. The molecule has 3 aromatic heterocycles. The van der Waals surface area contributed by atoms with Crippen LogP contribution >= 0.6 is 22.9 Å². The maximum Gasteiger partial charge on any atom is 0.202 e. The van der Waals surface area contributed by atoms with Gasteiger partial charge in [0.1, 0.15) is 5.82 Å². The molecule has 0 fully saturated rings. The fraction of sp³-hybridized carbons (Fsp3) is 0.250. The lowest BCUT2D eigenvalue weighted by atomic mass is 10.4. The molecule has 0 saturated carbocycles. The topological polar surface area (TPSA) is 63.8 Å². The zero-order chi connectivity index (χ0) is 13.1. The van der Waals surface area contributed by atoms with Crippen molar-refractivity contribution in [3.63, 3.8) is 0 Å². The first-order valence-electron chi connectivity index (χ1n) is 5.90. The Morgan fingerprint density at radius 2 is 2.32 bits per heavy atom. The second-order valence-corrected chi connectivity index (χ2v) is 5.45. The molecule has 3 heterocycles. The molecule has 98 valence electrons. The zero-order valence-corrected chi connectivity index (χ0v) is 11.9. The molecule has 0 bridgehead atoms. The first-order chi connectivity index (χ1) is 9.35. The standard InChI is InChI=1S/C12H12N4OS2/c1-2-10-15-12(19-16-10)13-6-8-7-18-11(14-8)9-4-3-5-17-9/h3-5,7H,2,6H2,1H3,(H,13,15,16). The summed E-state index contributed by atoms with van der Waals surface area (Å²) in [4.78, 5) is 8.87. The largest absolute Gasteiger partial charge is 0.462 e. The van der Waals surface area contributed by atoms with Crippen LogP contribution in [0.25, 0.3) is 10.8 Å². The number of nitrogens with one attached hydrogen (secondary N) is 1. The molecule has 0 aliphatic heterocycles. The Morgan fingerprint density at radius 1 is 1.37 bits per heavy atom. The maximum atomic E-state index is 5.32. The van der Waals surface area contributed by atoms with Crippen molar-refractivity contribution in [3.05, 3.63) is 35.3 Å². The van der Waals surface area contributed by atoms with E-state index in [1.54, 1.807) is 17.6 Å². The van der Waals surface area contributed by atoms with Crippen LogP contribution in [0.5, 0.6) is 0 Å². The number of aromatic nitrogens is 3. The van der Waals surface area contributed by atoms with Crippen molar-refractivity contribution < 1.29 is 4.42 Å². The first-order valence-corrected chi connectivity index (χ1v) is 7.55. The number of nitrogens with zero attached hydrogens (tertiary/aromatic N) is 3. The summed E-state index contributed by atoms with van der Waals surface area (Å²) in [5.41, 5.74) is 0.977. The van der Waals surface area contributed by atoms with Crippen LogP contribution in [0, 0.1) is 0 Å². The van der Waals surface area contributed by atoms with Crippen molar-refractivity contribution >= 4 is 28.0 Å². The molecule has 0 aliphatic carbocycles. The number of aryl methyl sites for hydroxylation is 1. The summed E-state index contributed by atoms with van der Waals surface area (Å²) in [5, 5.41) is 6.99. The van der Waals surface area contributed by atoms with Crippen molar-refractivity contribution in [2.24, 2.45) is 0 Å². The van der Waals surface area contributed by atoms with Crippen molar-refractivity contribution in [2.75, 3.05) is 5.32 Å². The average Bonchev–Trinajstić information content (AvgIpc) is 3.16. The predicted octanol–water partition coefficient (Wildman–Crippen LogP) is 3.43. The maximum absolute atomic E-state index is 5.32. The highest BCUT2D eigenvalue weighted by Crippen LogP contribution is 2.24. The molecule has 5 nitrogen and oxygen atoms in total. The van der Waals surface area contributed by atoms with E-state index in [0.717, 1.165) is 33.8 Å². The van der Waals surface area contributed by atoms with Crippen LogP contribution in [-0.2, 0) is 13.0 Å². The van der Waals surface area contributed by atoms with E-state index in [2.05, 4.69) is 19.7 Å². The lowest BCUT2D eigenvalue weighted by Gasteiger charge is -1.97. The minimum atomic E-state index is 0.648. The Balaban J connectivity index is 1.64. The van der Waals surface area contributed by atoms with Crippen LogP contribution in [0.1, 0.15) is 18.4 Å². The van der Waals surface area contributed by atoms with Gasteiger partial charge in [0.05, 0.1) is 18.5 Å². The quantitative estimate of drug-likeness (QED) is 0.780. The molecule has 0 spiro atoms. The van der Waals surface area contributed by atoms with E-state index in [0.29, 0.717) is 6.54 Å². The molecular formula is C12H12N4OS2. The number of thiazole rings is 1. The Bertz CT molecular complexity index is 644. The van der Waals surface area contributed by atoms with E-state index in [-0.39, 0.29) is 0 Å². The van der Waals surface area contributed by atoms with E-state index >= 15 is 0 Å². The Kier molecular flexibility index (Phi) is 3.56. The normalized spacial score (nSPS) is 10.8. The van der Waals surface area contributed by atoms with Crippen LogP contribution < -0.4 is 5.32 Å². The third-order valence-corrected chi connectivity index (χ3v) is 4.11. The van der Waals surface area contributed by atoms with Gasteiger partial charge in [-0.3, -0.25) is 0 Å². The van der Waals surface area contributed by atoms with E-state index in [1.165, 1.54) is 11.5 Å². The van der Waals surface area contributed by atoms with Gasteiger partial charge in [-0.05, 0) is 12.1 Å². The van der Waals surface area contributed by atoms with Crippen LogP contribution in [0.2, 0.25) is 0 Å². The summed E-state index contributed by atoms with van der Waals surface area (Å²) < 4.78 is 9.55. The molecule has 0 radical (unpaired) electrons. The summed E-state index contributed by atoms with van der Waals surface area (Å²) >= 11 is 2.96. The van der Waals surface area contributed by atoms with Crippen LogP contribution in [-0.4, -0.2) is 14.3 Å². The molecular weight excluding hydrogens is 280 g/mol. The highest BCUT2D eigenvalue weighted by Gasteiger charge is 2.08. The Hall–Kier alpha value is -1.73. The summed E-state index contributed by atoms with van der Waals surface area (Å²) in [6.45, 7) is 2.69. The summed E-state index contributed by atoms with van der Waals surface area (Å²) in [6.07, 6.45) is 2.51. The van der Waals surface area contributed by atoms with Crippen molar-refractivity contribution in [1.82, 2.24) is 14.3 Å². The number of anilines is 1. The number of furan rings is 1. The molecule has 0 aliphatic rings. The molecule has 3 aromatic rings. The molecule has 0 unspecified atom stereocenters. The average molecular weight is 292 g/mol. The molecule has 0 atom stereocenters. The van der Waals surface area contributed by atoms with E-state index in [1.807, 2.05) is 24.4 Å². The van der Waals surface area contributed by atoms with Crippen molar-refractivity contribution in [2.45, 2.75) is 19.9 Å². The number of hydrogen-bond acceptors (Lipinski definition) is 7. The van der Waals surface area contributed by atoms with Gasteiger partial charge in [0, 0.05) is 23.3 Å². The minimum absolute atomic E-state index is 0.648. The second-order valence-electron chi connectivity index (χ2n) is 3.84. The fourth-order valence-corrected chi connectivity index (χ4v) is 2.97. The van der Waals surface area contributed by atoms with Crippen LogP contribution in [0.15, 0.2) is 28.2 Å². The number of rotatable bonds is 5. The van der Waals surface area contributed by atoms with E-state index in [9.17, 15) is 0 Å². The van der Waals surface area contributed by atoms with Gasteiger partial charge in [0.15, 0.2) is 10.8 Å². The Morgan fingerprint density at radius 3 is 3.05 bits per heavy atom. The highest BCUT2D eigenvalue weighted by atomic mass is 32.1. The predicted molar refractivity (Wildman–Crippen MR) is 76.4 cm³/mol. The summed E-state index contributed by atoms with van der Waals surface area (Å²) in [7, 11) is 0. The molecule has 1 N–H and O–H groups in total. The summed E-state index contributed by atoms with van der Waals surface area (Å²) in [6, 6.07) is 3.77. The molecule has 19 heavy (non-hydrogen) atoms. The molecule has 0 amide bonds. The highest BCUT2D eigenvalue weighted by molar-refractivity contribution is 7.13. The summed E-state index contributed by atoms with van der Waals surface area (Å²) in [5.74, 6) is 1.68. The van der Waals surface area contributed by atoms with Crippen molar-refractivity contribution in [3.8, 4) is 10.8 Å². The van der Waals surface area contributed by atoms with Crippen LogP contribution in [0.3, 0.4) is 0 Å². The fourth-order valence-electron chi connectivity index (χ4n) is 1.54. The van der Waals surface area contributed by atoms with Gasteiger partial charge in [-0.2, -0.15) is 4.37 Å². The molecule has 7 heteroatoms. The van der Waals surface area contributed by atoms with Gasteiger partial charge in [0.25, 0.3) is 0 Å². The molecule has 3 rings (SSSR count). The first kappa shape index (κ1) is 12.3. The van der Waals surface area contributed by atoms with Crippen LogP contribution in [0.4, 0.5) is 5.13 Å². The smallest absolute Gasteiger partial charge is 0.202 e. The van der Waals surface area contributed by atoms with Gasteiger partial charge in [-0.25, -0.2) is 9.97 Å². The van der Waals surface area contributed by atoms with Gasteiger partial charge in [-0.15, -0.1) is 11.3 Å². The lowest BCUT2D eigenvalue weighted by molar-refractivity contribution is 0.581. The SMILES string of the molecule is CCc1nsc(NCc2csc(-c3ccco3)n2)n1. The van der Waals surface area contributed by atoms with E-state index < -0.39 is 0 Å². The molecule has 0 saturated heterocycles. The van der Waals surface area contributed by atoms with Crippen molar-refractivity contribution in [1.29, 1.82) is 0 Å². The van der Waals surface area contributed by atoms with E-state index in [4.69, 9.17) is 4.42 Å². The van der Waals surface area contributed by atoms with Gasteiger partial charge >= 0.3 is 0 Å². The van der Waals surface area contributed by atoms with Gasteiger partial charge in [-0.1, -0.05) is 6.92 Å². The Labute approximate surface area is 118 Å². The number of hydrogen-bond donors (Lipinski definition) is 1. The van der Waals surface area contributed by atoms with Gasteiger partial charge in [0.2, 0.25) is 5.13 Å². The monoisotopic (exact) mass is 292 g/mol. The third-order valence-electron chi connectivity index (χ3n) is 2.49. The zero-order valence-electron chi connectivity index (χ0n) is 10.3. The van der Waals surface area contributed by atoms with Gasteiger partial charge < -0.3 is 9.73 Å². The minimum Gasteiger partial charge on any atom is -0.462 e.